The molecular weight excluding hydrogens is 278 g/mol. The molecule has 1 atom stereocenters. The molecule has 112 valence electrons. The van der Waals surface area contributed by atoms with E-state index in [1.165, 1.54) is 0 Å². The van der Waals surface area contributed by atoms with E-state index >= 15 is 0 Å². The van der Waals surface area contributed by atoms with Crippen molar-refractivity contribution in [1.82, 2.24) is 5.32 Å². The van der Waals surface area contributed by atoms with E-state index < -0.39 is 11.4 Å². The van der Waals surface area contributed by atoms with E-state index in [0.717, 1.165) is 12.1 Å². The second-order valence-corrected chi connectivity index (χ2v) is 5.88. The van der Waals surface area contributed by atoms with Crippen LogP contribution in [0.2, 0.25) is 5.02 Å². The maximum Gasteiger partial charge on any atom is 0.312 e. The third-order valence-corrected chi connectivity index (χ3v) is 3.35. The van der Waals surface area contributed by atoms with Crippen LogP contribution < -0.4 is 10.1 Å². The maximum absolute atomic E-state index is 11.1. The minimum Gasteiger partial charge on any atom is -0.492 e. The summed E-state index contributed by atoms with van der Waals surface area (Å²) in [4.78, 5) is 11.1. The number of ether oxygens (including phenoxy) is 1. The van der Waals surface area contributed by atoms with Gasteiger partial charge in [0.25, 0.3) is 0 Å². The Morgan fingerprint density at radius 1 is 1.50 bits per heavy atom. The first-order valence-electron chi connectivity index (χ1n) is 6.67. The smallest absolute Gasteiger partial charge is 0.312 e. The number of carboxylic acid groups (broad SMARTS) is 1. The number of aliphatic carboxylic acids is 1. The molecule has 0 aliphatic heterocycles. The fraction of sp³-hybridized carbons (Fsp3) is 0.533. The van der Waals surface area contributed by atoms with Crippen LogP contribution in [0.25, 0.3) is 0 Å². The summed E-state index contributed by atoms with van der Waals surface area (Å²) in [6.45, 7) is 8.25. The molecule has 0 aromatic heterocycles. The molecule has 4 nitrogen and oxygen atoms in total. The Labute approximate surface area is 125 Å². The highest BCUT2D eigenvalue weighted by Gasteiger charge is 2.28. The first kappa shape index (κ1) is 16.8. The van der Waals surface area contributed by atoms with Gasteiger partial charge in [0.1, 0.15) is 12.4 Å². The van der Waals surface area contributed by atoms with E-state index in [1.807, 2.05) is 19.9 Å². The van der Waals surface area contributed by atoms with E-state index in [1.54, 1.807) is 26.0 Å². The van der Waals surface area contributed by atoms with Crippen LogP contribution >= 0.6 is 11.6 Å². The molecule has 0 radical (unpaired) electrons. The molecule has 0 heterocycles. The molecule has 0 amide bonds. The Kier molecular flexibility index (Phi) is 5.84. The van der Waals surface area contributed by atoms with Crippen molar-refractivity contribution >= 4 is 17.6 Å². The predicted octanol–water partition coefficient (Wildman–Crippen LogP) is 3.50. The highest BCUT2D eigenvalue weighted by molar-refractivity contribution is 6.30. The van der Waals surface area contributed by atoms with Crippen molar-refractivity contribution in [2.24, 2.45) is 5.41 Å². The average Bonchev–Trinajstić information content (AvgIpc) is 2.37. The van der Waals surface area contributed by atoms with Gasteiger partial charge < -0.3 is 15.2 Å². The lowest BCUT2D eigenvalue weighted by Gasteiger charge is -2.23. The zero-order valence-electron chi connectivity index (χ0n) is 12.4. The fourth-order valence-electron chi connectivity index (χ4n) is 1.73. The lowest BCUT2D eigenvalue weighted by Crippen LogP contribution is -2.31. The summed E-state index contributed by atoms with van der Waals surface area (Å²) in [5.41, 5.74) is -0.00116. The summed E-state index contributed by atoms with van der Waals surface area (Å²) >= 11 is 6.02. The molecule has 0 aliphatic rings. The number of hydrogen-bond acceptors (Lipinski definition) is 3. The van der Waals surface area contributed by atoms with Crippen LogP contribution in [0.1, 0.15) is 39.3 Å². The van der Waals surface area contributed by atoms with E-state index in [4.69, 9.17) is 21.4 Å². The Hall–Kier alpha value is -1.26. The summed E-state index contributed by atoms with van der Waals surface area (Å²) < 4.78 is 5.71. The lowest BCUT2D eigenvalue weighted by atomic mass is 9.95. The third kappa shape index (κ3) is 4.39. The number of carbonyl (C=O) groups is 1. The highest BCUT2D eigenvalue weighted by atomic mass is 35.5. The van der Waals surface area contributed by atoms with Crippen LogP contribution in [0.15, 0.2) is 18.2 Å². The largest absolute Gasteiger partial charge is 0.492 e. The van der Waals surface area contributed by atoms with E-state index in [-0.39, 0.29) is 12.6 Å². The van der Waals surface area contributed by atoms with Crippen molar-refractivity contribution in [1.29, 1.82) is 0 Å². The standard InChI is InChI=1S/C15H22ClNO3/c1-5-17-10(2)12-8-11(16)6-7-13(12)20-9-15(3,4)14(18)19/h6-8,10,17H,5,9H2,1-4H3,(H,18,19). The number of carboxylic acids is 1. The van der Waals surface area contributed by atoms with Crippen LogP contribution in [0.3, 0.4) is 0 Å². The Morgan fingerprint density at radius 2 is 2.15 bits per heavy atom. The van der Waals surface area contributed by atoms with Gasteiger partial charge in [-0.2, -0.15) is 0 Å². The number of benzene rings is 1. The van der Waals surface area contributed by atoms with Crippen LogP contribution in [0.5, 0.6) is 5.75 Å². The topological polar surface area (TPSA) is 58.6 Å². The number of halogens is 1. The third-order valence-electron chi connectivity index (χ3n) is 3.12. The van der Waals surface area contributed by atoms with E-state index in [0.29, 0.717) is 10.8 Å². The van der Waals surface area contributed by atoms with Gasteiger partial charge in [-0.1, -0.05) is 18.5 Å². The molecule has 0 fully saturated rings. The van der Waals surface area contributed by atoms with Crippen LogP contribution in [-0.2, 0) is 4.79 Å². The molecule has 20 heavy (non-hydrogen) atoms. The van der Waals surface area contributed by atoms with Crippen LogP contribution in [0.4, 0.5) is 0 Å². The highest BCUT2D eigenvalue weighted by Crippen LogP contribution is 2.30. The molecule has 1 aromatic carbocycles. The molecule has 0 saturated heterocycles. The molecule has 0 saturated carbocycles. The average molecular weight is 300 g/mol. The summed E-state index contributed by atoms with van der Waals surface area (Å²) in [6.07, 6.45) is 0. The normalized spacial score (nSPS) is 13.1. The van der Waals surface area contributed by atoms with Gasteiger partial charge in [0.15, 0.2) is 0 Å². The molecule has 1 aromatic rings. The van der Waals surface area contributed by atoms with E-state index in [9.17, 15) is 4.79 Å². The number of nitrogens with one attached hydrogen (secondary N) is 1. The minimum absolute atomic E-state index is 0.0849. The quantitative estimate of drug-likeness (QED) is 0.809. The molecular formula is C15H22ClNO3. The van der Waals surface area contributed by atoms with Crippen LogP contribution in [-0.4, -0.2) is 24.2 Å². The van der Waals surface area contributed by atoms with Crippen LogP contribution in [0, 0.1) is 5.41 Å². The summed E-state index contributed by atoms with van der Waals surface area (Å²) in [6, 6.07) is 5.45. The lowest BCUT2D eigenvalue weighted by molar-refractivity contribution is -0.148. The molecule has 2 N–H and O–H groups in total. The maximum atomic E-state index is 11.1. The zero-order valence-corrected chi connectivity index (χ0v) is 13.1. The molecule has 0 spiro atoms. The first-order chi connectivity index (χ1) is 9.27. The summed E-state index contributed by atoms with van der Waals surface area (Å²) in [5.74, 6) is -0.218. The van der Waals surface area contributed by atoms with Gasteiger partial charge in [-0.15, -0.1) is 0 Å². The van der Waals surface area contributed by atoms with Gasteiger partial charge in [0.2, 0.25) is 0 Å². The van der Waals surface area contributed by atoms with Gasteiger partial charge in [-0.3, -0.25) is 4.79 Å². The van der Waals surface area contributed by atoms with E-state index in [2.05, 4.69) is 5.32 Å². The van der Waals surface area contributed by atoms with Gasteiger partial charge in [-0.25, -0.2) is 0 Å². The first-order valence-corrected chi connectivity index (χ1v) is 7.04. The number of hydrogen-bond donors (Lipinski definition) is 2. The Morgan fingerprint density at radius 3 is 2.70 bits per heavy atom. The second-order valence-electron chi connectivity index (χ2n) is 5.44. The van der Waals surface area contributed by atoms with Crippen molar-refractivity contribution in [3.05, 3.63) is 28.8 Å². The monoisotopic (exact) mass is 299 g/mol. The van der Waals surface area contributed by atoms with Gasteiger partial charge in [-0.05, 0) is 45.5 Å². The fourth-order valence-corrected chi connectivity index (χ4v) is 1.91. The molecule has 1 rings (SSSR count). The minimum atomic E-state index is -0.932. The number of rotatable bonds is 7. The second kappa shape index (κ2) is 6.95. The molecule has 0 aliphatic carbocycles. The van der Waals surface area contributed by atoms with Crippen molar-refractivity contribution in [3.63, 3.8) is 0 Å². The Bertz CT molecular complexity index is 474. The van der Waals surface area contributed by atoms with Crippen molar-refractivity contribution in [3.8, 4) is 5.75 Å². The zero-order chi connectivity index (χ0) is 15.3. The summed E-state index contributed by atoms with van der Waals surface area (Å²) in [5, 5.41) is 13.0. The predicted molar refractivity (Wildman–Crippen MR) is 80.5 cm³/mol. The van der Waals surface area contributed by atoms with Gasteiger partial charge in [0.05, 0.1) is 5.41 Å². The van der Waals surface area contributed by atoms with Gasteiger partial charge >= 0.3 is 5.97 Å². The Balaban J connectivity index is 2.92. The molecule has 1 unspecified atom stereocenters. The van der Waals surface area contributed by atoms with Crippen molar-refractivity contribution < 1.29 is 14.6 Å². The summed E-state index contributed by atoms with van der Waals surface area (Å²) in [7, 11) is 0. The molecule has 0 bridgehead atoms. The van der Waals surface area contributed by atoms with Gasteiger partial charge in [0, 0.05) is 16.6 Å². The SMILES string of the molecule is CCNC(C)c1cc(Cl)ccc1OCC(C)(C)C(=O)O. The van der Waals surface area contributed by atoms with Crippen molar-refractivity contribution in [2.75, 3.05) is 13.2 Å². The van der Waals surface area contributed by atoms with Crippen molar-refractivity contribution in [2.45, 2.75) is 33.7 Å². The molecule has 5 heteroatoms.